The van der Waals surface area contributed by atoms with Crippen molar-refractivity contribution in [2.24, 2.45) is 5.73 Å². The lowest BCUT2D eigenvalue weighted by Gasteiger charge is -2.41. The third-order valence-electron chi connectivity index (χ3n) is 4.46. The number of hydrogen-bond donors (Lipinski definition) is 1. The van der Waals surface area contributed by atoms with Crippen LogP contribution in [0.3, 0.4) is 0 Å². The van der Waals surface area contributed by atoms with Crippen molar-refractivity contribution >= 4 is 15.9 Å². The maximum Gasteiger partial charge on any atom is 0.0212 e. The van der Waals surface area contributed by atoms with Crippen molar-refractivity contribution in [3.8, 4) is 0 Å². The maximum atomic E-state index is 5.96. The fourth-order valence-corrected chi connectivity index (χ4v) is 3.46. The summed E-state index contributed by atoms with van der Waals surface area (Å²) in [5.41, 5.74) is 9.07. The minimum atomic E-state index is 0.274. The highest BCUT2D eigenvalue weighted by Gasteiger charge is 2.37. The van der Waals surface area contributed by atoms with Gasteiger partial charge in [0.15, 0.2) is 0 Å². The predicted octanol–water partition coefficient (Wildman–Crippen LogP) is 4.34. The molecule has 1 unspecified atom stereocenters. The van der Waals surface area contributed by atoms with Gasteiger partial charge in [0.25, 0.3) is 0 Å². The van der Waals surface area contributed by atoms with Gasteiger partial charge in [-0.2, -0.15) is 0 Å². The van der Waals surface area contributed by atoms with Crippen LogP contribution < -0.4 is 5.73 Å². The van der Waals surface area contributed by atoms with Gasteiger partial charge in [0.1, 0.15) is 0 Å². The molecule has 0 amide bonds. The summed E-state index contributed by atoms with van der Waals surface area (Å²) < 4.78 is 1.25. The molecular formula is C15H22BrN. The molecule has 0 spiro atoms. The Morgan fingerprint density at radius 3 is 2.53 bits per heavy atom. The van der Waals surface area contributed by atoms with E-state index < -0.39 is 0 Å². The van der Waals surface area contributed by atoms with Crippen molar-refractivity contribution in [2.75, 3.05) is 6.54 Å². The molecule has 0 saturated heterocycles. The minimum absolute atomic E-state index is 0.274. The first-order valence-corrected chi connectivity index (χ1v) is 7.42. The molecule has 2 heteroatoms. The zero-order valence-electron chi connectivity index (χ0n) is 10.8. The van der Waals surface area contributed by atoms with Gasteiger partial charge in [0.2, 0.25) is 0 Å². The Hall–Kier alpha value is -0.340. The lowest BCUT2D eigenvalue weighted by Crippen LogP contribution is -2.41. The second kappa shape index (κ2) is 5.11. The van der Waals surface area contributed by atoms with E-state index in [1.54, 1.807) is 0 Å². The number of rotatable bonds is 4. The van der Waals surface area contributed by atoms with Crippen LogP contribution >= 0.6 is 15.9 Å². The SMILES string of the molecule is CCC(C)c1ccc(C2(CN)CCC2)cc1Br. The molecule has 1 nitrogen and oxygen atoms in total. The van der Waals surface area contributed by atoms with Crippen LogP contribution in [0, 0.1) is 0 Å². The second-order valence-electron chi connectivity index (χ2n) is 5.38. The molecular weight excluding hydrogens is 274 g/mol. The summed E-state index contributed by atoms with van der Waals surface area (Å²) in [4.78, 5) is 0. The van der Waals surface area contributed by atoms with E-state index in [9.17, 15) is 0 Å². The summed E-state index contributed by atoms with van der Waals surface area (Å²) in [6.07, 6.45) is 5.00. The van der Waals surface area contributed by atoms with Gasteiger partial charge in [0, 0.05) is 16.4 Å². The van der Waals surface area contributed by atoms with Gasteiger partial charge >= 0.3 is 0 Å². The highest BCUT2D eigenvalue weighted by molar-refractivity contribution is 9.10. The van der Waals surface area contributed by atoms with E-state index >= 15 is 0 Å². The Bertz CT molecular complexity index is 390. The molecule has 1 atom stereocenters. The van der Waals surface area contributed by atoms with Crippen LogP contribution in [0.2, 0.25) is 0 Å². The van der Waals surface area contributed by atoms with E-state index in [0.717, 1.165) is 6.54 Å². The number of hydrogen-bond acceptors (Lipinski definition) is 1. The minimum Gasteiger partial charge on any atom is -0.330 e. The van der Waals surface area contributed by atoms with E-state index in [1.165, 1.54) is 41.3 Å². The van der Waals surface area contributed by atoms with E-state index in [0.29, 0.717) is 5.92 Å². The lowest BCUT2D eigenvalue weighted by molar-refractivity contribution is 0.253. The number of nitrogens with two attached hydrogens (primary N) is 1. The Morgan fingerprint density at radius 1 is 1.41 bits per heavy atom. The van der Waals surface area contributed by atoms with Crippen molar-refractivity contribution in [1.82, 2.24) is 0 Å². The van der Waals surface area contributed by atoms with Gasteiger partial charge in [-0.1, -0.05) is 48.3 Å². The normalized spacial score (nSPS) is 19.8. The molecule has 1 saturated carbocycles. The number of benzene rings is 1. The van der Waals surface area contributed by atoms with Crippen LogP contribution in [0.25, 0.3) is 0 Å². The second-order valence-corrected chi connectivity index (χ2v) is 6.24. The molecule has 0 aliphatic heterocycles. The van der Waals surface area contributed by atoms with Gasteiger partial charge in [0.05, 0.1) is 0 Å². The first-order valence-electron chi connectivity index (χ1n) is 6.63. The van der Waals surface area contributed by atoms with Crippen LogP contribution in [0.5, 0.6) is 0 Å². The Balaban J connectivity index is 2.30. The van der Waals surface area contributed by atoms with Crippen molar-refractivity contribution in [3.63, 3.8) is 0 Å². The fourth-order valence-electron chi connectivity index (χ4n) is 2.69. The molecule has 0 bridgehead atoms. The van der Waals surface area contributed by atoms with Crippen LogP contribution in [0.1, 0.15) is 56.6 Å². The van der Waals surface area contributed by atoms with Crippen LogP contribution in [-0.4, -0.2) is 6.54 Å². The summed E-state index contributed by atoms with van der Waals surface area (Å²) in [5, 5.41) is 0. The quantitative estimate of drug-likeness (QED) is 0.878. The van der Waals surface area contributed by atoms with Crippen molar-refractivity contribution in [1.29, 1.82) is 0 Å². The highest BCUT2D eigenvalue weighted by atomic mass is 79.9. The zero-order chi connectivity index (χ0) is 12.5. The Morgan fingerprint density at radius 2 is 2.12 bits per heavy atom. The molecule has 17 heavy (non-hydrogen) atoms. The molecule has 1 aromatic rings. The summed E-state index contributed by atoms with van der Waals surface area (Å²) in [5.74, 6) is 0.619. The third kappa shape index (κ3) is 2.30. The Kier molecular flexibility index (Phi) is 3.94. The largest absolute Gasteiger partial charge is 0.330 e. The summed E-state index contributed by atoms with van der Waals surface area (Å²) in [6.45, 7) is 5.29. The average Bonchev–Trinajstić information content (AvgIpc) is 2.28. The van der Waals surface area contributed by atoms with Gasteiger partial charge < -0.3 is 5.73 Å². The molecule has 2 N–H and O–H groups in total. The standard InChI is InChI=1S/C15H22BrN/c1-3-11(2)13-6-5-12(9-14(13)16)15(10-17)7-4-8-15/h5-6,9,11H,3-4,7-8,10,17H2,1-2H3. The van der Waals surface area contributed by atoms with Gasteiger partial charge in [-0.15, -0.1) is 0 Å². The molecule has 2 rings (SSSR count). The predicted molar refractivity (Wildman–Crippen MR) is 77.4 cm³/mol. The van der Waals surface area contributed by atoms with Crippen molar-refractivity contribution in [3.05, 3.63) is 33.8 Å². The summed E-state index contributed by atoms with van der Waals surface area (Å²) >= 11 is 3.72. The summed E-state index contributed by atoms with van der Waals surface area (Å²) in [6, 6.07) is 6.87. The highest BCUT2D eigenvalue weighted by Crippen LogP contribution is 2.44. The van der Waals surface area contributed by atoms with Gasteiger partial charge in [-0.3, -0.25) is 0 Å². The summed E-state index contributed by atoms with van der Waals surface area (Å²) in [7, 11) is 0. The average molecular weight is 296 g/mol. The smallest absolute Gasteiger partial charge is 0.0212 e. The van der Waals surface area contributed by atoms with Gasteiger partial charge in [-0.05, 0) is 42.4 Å². The molecule has 1 aliphatic rings. The molecule has 0 aromatic heterocycles. The first kappa shape index (κ1) is 13.1. The molecule has 1 aliphatic carbocycles. The topological polar surface area (TPSA) is 26.0 Å². The zero-order valence-corrected chi connectivity index (χ0v) is 12.4. The van der Waals surface area contributed by atoms with E-state index in [-0.39, 0.29) is 5.41 Å². The van der Waals surface area contributed by atoms with Crippen LogP contribution in [-0.2, 0) is 5.41 Å². The maximum absolute atomic E-state index is 5.96. The van der Waals surface area contributed by atoms with Crippen LogP contribution in [0.15, 0.2) is 22.7 Å². The monoisotopic (exact) mass is 295 g/mol. The fraction of sp³-hybridized carbons (Fsp3) is 0.600. The van der Waals surface area contributed by atoms with E-state index in [1.807, 2.05) is 0 Å². The van der Waals surface area contributed by atoms with Crippen molar-refractivity contribution in [2.45, 2.75) is 50.9 Å². The molecule has 0 heterocycles. The molecule has 1 aromatic carbocycles. The number of halogens is 1. The van der Waals surface area contributed by atoms with Crippen LogP contribution in [0.4, 0.5) is 0 Å². The van der Waals surface area contributed by atoms with E-state index in [2.05, 4.69) is 48.0 Å². The molecule has 1 fully saturated rings. The Labute approximate surface area is 113 Å². The lowest BCUT2D eigenvalue weighted by atomic mass is 9.64. The van der Waals surface area contributed by atoms with E-state index in [4.69, 9.17) is 5.73 Å². The first-order chi connectivity index (χ1) is 8.13. The third-order valence-corrected chi connectivity index (χ3v) is 5.14. The molecule has 94 valence electrons. The molecule has 0 radical (unpaired) electrons. The van der Waals surface area contributed by atoms with Crippen molar-refractivity contribution < 1.29 is 0 Å². The van der Waals surface area contributed by atoms with Gasteiger partial charge in [-0.25, -0.2) is 0 Å².